The molecule has 0 radical (unpaired) electrons. The molecule has 124 valence electrons. The fraction of sp³-hybridized carbons (Fsp3) is 0.222. The molecule has 25 heavy (non-hydrogen) atoms. The average molecular weight is 349 g/mol. The Labute approximate surface area is 148 Å². The number of hydrogen-bond acceptors (Lipinski definition) is 6. The number of rotatable bonds is 3. The van der Waals surface area contributed by atoms with Crippen LogP contribution in [0.5, 0.6) is 0 Å². The monoisotopic (exact) mass is 349 g/mol. The lowest BCUT2D eigenvalue weighted by atomic mass is 10.0. The van der Waals surface area contributed by atoms with Crippen molar-refractivity contribution in [2.24, 2.45) is 11.8 Å². The summed E-state index contributed by atoms with van der Waals surface area (Å²) in [4.78, 5) is 17.5. The van der Waals surface area contributed by atoms with E-state index < -0.39 is 0 Å². The first kappa shape index (κ1) is 15.5. The Morgan fingerprint density at radius 1 is 1.40 bits per heavy atom. The van der Waals surface area contributed by atoms with E-state index in [0.717, 1.165) is 26.8 Å². The standard InChI is InChI=1S/C18H15N5OS/c1-9-7-22-25-17(9)11-2-10-5-16(21-8-14(10)15(20)4-11)23-18(24)13-3-12(13)6-19/h2,4-5,7-8,12-13H,3,20H2,1H3,(H,21,23,24)/t12?,13-/m0/s1. The van der Waals surface area contributed by atoms with Crippen molar-refractivity contribution in [2.45, 2.75) is 13.3 Å². The van der Waals surface area contributed by atoms with Crippen LogP contribution in [-0.4, -0.2) is 15.3 Å². The largest absolute Gasteiger partial charge is 0.398 e. The normalized spacial score (nSPS) is 18.7. The molecule has 1 fully saturated rings. The van der Waals surface area contributed by atoms with Crippen LogP contribution in [0.15, 0.2) is 30.6 Å². The zero-order chi connectivity index (χ0) is 17.6. The van der Waals surface area contributed by atoms with E-state index in [1.807, 2.05) is 31.3 Å². The zero-order valence-corrected chi connectivity index (χ0v) is 14.3. The van der Waals surface area contributed by atoms with Crippen LogP contribution in [0.3, 0.4) is 0 Å². The Morgan fingerprint density at radius 3 is 2.92 bits per heavy atom. The molecule has 4 rings (SSSR count). The van der Waals surface area contributed by atoms with Gasteiger partial charge in [-0.25, -0.2) is 9.36 Å². The highest BCUT2D eigenvalue weighted by atomic mass is 32.1. The molecule has 2 atom stereocenters. The third-order valence-corrected chi connectivity index (χ3v) is 5.38. The second-order valence-corrected chi connectivity index (χ2v) is 7.06. The van der Waals surface area contributed by atoms with Crippen molar-refractivity contribution in [3.05, 3.63) is 36.2 Å². The van der Waals surface area contributed by atoms with Gasteiger partial charge in [-0.15, -0.1) is 0 Å². The van der Waals surface area contributed by atoms with Gasteiger partial charge in [0.15, 0.2) is 0 Å². The number of nitrogens with two attached hydrogens (primary N) is 1. The third-order valence-electron chi connectivity index (χ3n) is 4.42. The predicted molar refractivity (Wildman–Crippen MR) is 97.8 cm³/mol. The first-order chi connectivity index (χ1) is 12.1. The fourth-order valence-electron chi connectivity index (χ4n) is 2.90. The Hall–Kier alpha value is -2.98. The van der Waals surface area contributed by atoms with Crippen LogP contribution < -0.4 is 11.1 Å². The lowest BCUT2D eigenvalue weighted by Gasteiger charge is -2.09. The number of carbonyl (C=O) groups is 1. The highest BCUT2D eigenvalue weighted by molar-refractivity contribution is 7.09. The van der Waals surface area contributed by atoms with Gasteiger partial charge in [-0.3, -0.25) is 4.79 Å². The molecular formula is C18H15N5OS. The van der Waals surface area contributed by atoms with E-state index in [9.17, 15) is 4.79 Å². The van der Waals surface area contributed by atoms with Gasteiger partial charge in [0.1, 0.15) is 5.82 Å². The molecule has 2 heterocycles. The van der Waals surface area contributed by atoms with E-state index >= 15 is 0 Å². The van der Waals surface area contributed by atoms with Crippen molar-refractivity contribution < 1.29 is 4.79 Å². The summed E-state index contributed by atoms with van der Waals surface area (Å²) in [5.41, 5.74) is 8.92. The molecule has 1 saturated carbocycles. The quantitative estimate of drug-likeness (QED) is 0.706. The lowest BCUT2D eigenvalue weighted by molar-refractivity contribution is -0.117. The van der Waals surface area contributed by atoms with Gasteiger partial charge in [-0.1, -0.05) is 0 Å². The number of pyridine rings is 1. The third kappa shape index (κ3) is 2.81. The Balaban J connectivity index is 1.68. The highest BCUT2D eigenvalue weighted by Gasteiger charge is 2.43. The molecule has 1 unspecified atom stereocenters. The van der Waals surface area contributed by atoms with Crippen LogP contribution >= 0.6 is 11.5 Å². The minimum Gasteiger partial charge on any atom is -0.398 e. The fourth-order valence-corrected chi connectivity index (χ4v) is 3.64. The van der Waals surface area contributed by atoms with Crippen LogP contribution in [0.4, 0.5) is 11.5 Å². The molecule has 0 spiro atoms. The molecule has 0 bridgehead atoms. The Kier molecular flexibility index (Phi) is 3.62. The number of aryl methyl sites for hydroxylation is 1. The SMILES string of the molecule is Cc1cnsc1-c1cc(N)c2cnc(NC(=O)[C@H]3CC3C#N)cc2c1. The summed E-state index contributed by atoms with van der Waals surface area (Å²) < 4.78 is 4.21. The molecule has 1 aromatic carbocycles. The van der Waals surface area contributed by atoms with Crippen molar-refractivity contribution in [2.75, 3.05) is 11.1 Å². The van der Waals surface area contributed by atoms with Gasteiger partial charge >= 0.3 is 0 Å². The van der Waals surface area contributed by atoms with Gasteiger partial charge in [-0.2, -0.15) is 5.26 Å². The number of fused-ring (bicyclic) bond motifs is 1. The number of nitrogen functional groups attached to an aromatic ring is 1. The maximum absolute atomic E-state index is 12.1. The predicted octanol–water partition coefficient (Wildman–Crippen LogP) is 3.35. The summed E-state index contributed by atoms with van der Waals surface area (Å²) >= 11 is 1.43. The topological polar surface area (TPSA) is 105 Å². The van der Waals surface area contributed by atoms with Crippen molar-refractivity contribution >= 4 is 39.7 Å². The van der Waals surface area contributed by atoms with Crippen LogP contribution in [0.2, 0.25) is 0 Å². The molecule has 6 nitrogen and oxygen atoms in total. The number of benzene rings is 1. The van der Waals surface area contributed by atoms with Gasteiger partial charge in [0.25, 0.3) is 0 Å². The van der Waals surface area contributed by atoms with Crippen LogP contribution in [0.1, 0.15) is 12.0 Å². The molecule has 2 aromatic heterocycles. The number of nitrogens with one attached hydrogen (secondary N) is 1. The number of amides is 1. The van der Waals surface area contributed by atoms with E-state index in [-0.39, 0.29) is 17.7 Å². The van der Waals surface area contributed by atoms with Gasteiger partial charge in [0.05, 0.1) is 22.8 Å². The summed E-state index contributed by atoms with van der Waals surface area (Å²) in [6.45, 7) is 2.01. The molecule has 0 aliphatic heterocycles. The Morgan fingerprint density at radius 2 is 2.24 bits per heavy atom. The number of hydrogen-bond donors (Lipinski definition) is 2. The summed E-state index contributed by atoms with van der Waals surface area (Å²) in [6, 6.07) is 7.88. The molecule has 3 aromatic rings. The molecular weight excluding hydrogens is 334 g/mol. The first-order valence-corrected chi connectivity index (χ1v) is 8.65. The average Bonchev–Trinajstić information content (AvgIpc) is 3.27. The zero-order valence-electron chi connectivity index (χ0n) is 13.5. The van der Waals surface area contributed by atoms with Crippen LogP contribution in [0.25, 0.3) is 21.2 Å². The number of carbonyl (C=O) groups excluding carboxylic acids is 1. The second kappa shape index (κ2) is 5.83. The van der Waals surface area contributed by atoms with Gasteiger partial charge < -0.3 is 11.1 Å². The number of anilines is 2. The maximum Gasteiger partial charge on any atom is 0.230 e. The van der Waals surface area contributed by atoms with Crippen molar-refractivity contribution in [1.29, 1.82) is 5.26 Å². The summed E-state index contributed by atoms with van der Waals surface area (Å²) in [5.74, 6) is -0.0738. The van der Waals surface area contributed by atoms with Crippen molar-refractivity contribution in [1.82, 2.24) is 9.36 Å². The van der Waals surface area contributed by atoms with E-state index in [4.69, 9.17) is 11.0 Å². The van der Waals surface area contributed by atoms with Crippen LogP contribution in [0, 0.1) is 30.1 Å². The summed E-state index contributed by atoms with van der Waals surface area (Å²) in [5, 5.41) is 13.4. The summed E-state index contributed by atoms with van der Waals surface area (Å²) in [7, 11) is 0. The molecule has 3 N–H and O–H groups in total. The molecule has 1 aliphatic carbocycles. The smallest absolute Gasteiger partial charge is 0.230 e. The second-order valence-electron chi connectivity index (χ2n) is 6.26. The number of nitriles is 1. The summed E-state index contributed by atoms with van der Waals surface area (Å²) in [6.07, 6.45) is 4.12. The van der Waals surface area contributed by atoms with E-state index in [1.54, 1.807) is 6.20 Å². The van der Waals surface area contributed by atoms with Crippen LogP contribution in [-0.2, 0) is 4.79 Å². The van der Waals surface area contributed by atoms with E-state index in [2.05, 4.69) is 20.7 Å². The minimum absolute atomic E-state index is 0.152. The molecule has 0 saturated heterocycles. The van der Waals surface area contributed by atoms with E-state index in [0.29, 0.717) is 17.9 Å². The molecule has 1 aliphatic rings. The van der Waals surface area contributed by atoms with Gasteiger partial charge in [-0.05, 0) is 59.6 Å². The number of aromatic nitrogens is 2. The van der Waals surface area contributed by atoms with E-state index in [1.165, 1.54) is 11.5 Å². The van der Waals surface area contributed by atoms with Crippen molar-refractivity contribution in [3.63, 3.8) is 0 Å². The Bertz CT molecular complexity index is 1040. The molecule has 7 heteroatoms. The first-order valence-electron chi connectivity index (χ1n) is 7.88. The van der Waals surface area contributed by atoms with Crippen molar-refractivity contribution in [3.8, 4) is 16.5 Å². The minimum atomic E-state index is -0.223. The van der Waals surface area contributed by atoms with Gasteiger partial charge in [0.2, 0.25) is 5.91 Å². The highest BCUT2D eigenvalue weighted by Crippen LogP contribution is 2.39. The maximum atomic E-state index is 12.1. The molecule has 1 amide bonds. The lowest BCUT2D eigenvalue weighted by Crippen LogP contribution is -2.15. The van der Waals surface area contributed by atoms with Gasteiger partial charge in [0, 0.05) is 23.5 Å². The number of nitrogens with zero attached hydrogens (tertiary/aromatic N) is 3.